The average molecular weight is 769 g/mol. The van der Waals surface area contributed by atoms with Crippen LogP contribution < -0.4 is 5.32 Å². The Morgan fingerprint density at radius 3 is 1.04 bits per heavy atom. The molecule has 1 N–H and O–H groups in total. The highest BCUT2D eigenvalue weighted by atomic mass is 16.5. The Morgan fingerprint density at radius 2 is 0.722 bits per heavy atom. The van der Waals surface area contributed by atoms with E-state index in [9.17, 15) is 9.59 Å². The van der Waals surface area contributed by atoms with Gasteiger partial charge in [0.1, 0.15) is 13.1 Å². The molecule has 0 fully saturated rings. The second-order valence-corrected chi connectivity index (χ2v) is 15.5. The zero-order valence-electron chi connectivity index (χ0n) is 37.7. The summed E-state index contributed by atoms with van der Waals surface area (Å²) >= 11 is 0. The summed E-state index contributed by atoms with van der Waals surface area (Å²) in [5, 5.41) is 3.31. The zero-order valence-corrected chi connectivity index (χ0v) is 37.7. The molecule has 0 aromatic carbocycles. The number of hydrogen-bond donors (Lipinski definition) is 1. The van der Waals surface area contributed by atoms with Crippen LogP contribution in [0.1, 0.15) is 252 Å². The number of nitrogens with one attached hydrogen (secondary N) is 1. The number of nitrogens with zero attached hydrogens (tertiary/aromatic N) is 1. The van der Waals surface area contributed by atoms with Gasteiger partial charge >= 0.3 is 0 Å². The van der Waals surface area contributed by atoms with E-state index in [-0.39, 0.29) is 0 Å². The van der Waals surface area contributed by atoms with Gasteiger partial charge in [-0.25, -0.2) is 0 Å². The van der Waals surface area contributed by atoms with E-state index in [2.05, 4.69) is 49.7 Å². The molecule has 6 nitrogen and oxygen atoms in total. The maximum Gasteiger partial charge on any atom is 0.293 e. The van der Waals surface area contributed by atoms with Crippen molar-refractivity contribution in [3.63, 3.8) is 0 Å². The summed E-state index contributed by atoms with van der Waals surface area (Å²) in [6.07, 6.45) is 48.4. The molecule has 0 saturated carbocycles. The van der Waals surface area contributed by atoms with Gasteiger partial charge in [0, 0.05) is 6.42 Å². The van der Waals surface area contributed by atoms with E-state index in [0.717, 1.165) is 32.1 Å². The van der Waals surface area contributed by atoms with Crippen LogP contribution in [0, 0.1) is 0 Å². The summed E-state index contributed by atoms with van der Waals surface area (Å²) in [5.74, 6) is 0. The molecule has 0 spiro atoms. The lowest BCUT2D eigenvalue weighted by atomic mass is 10.0. The van der Waals surface area contributed by atoms with Crippen LogP contribution in [0.3, 0.4) is 0 Å². The van der Waals surface area contributed by atoms with Crippen LogP contribution in [0.25, 0.3) is 0 Å². The van der Waals surface area contributed by atoms with E-state index in [1.54, 1.807) is 0 Å². The Hall–Kier alpha value is -1.27. The zero-order chi connectivity index (χ0) is 40.7. The van der Waals surface area contributed by atoms with Gasteiger partial charge < -0.3 is 24.5 Å². The minimum atomic E-state index is 0.525. The molecule has 0 atom stereocenters. The number of carbonyl (C=O) groups is 3. The van der Waals surface area contributed by atoms with Crippen molar-refractivity contribution in [1.29, 1.82) is 0 Å². The van der Waals surface area contributed by atoms with Gasteiger partial charge in [-0.2, -0.15) is 0 Å². The van der Waals surface area contributed by atoms with Crippen molar-refractivity contribution in [3.05, 3.63) is 0 Å². The third-order valence-corrected chi connectivity index (χ3v) is 10.2. The number of ether oxygens (including phenoxy) is 1. The van der Waals surface area contributed by atoms with Gasteiger partial charge in [0.15, 0.2) is 0 Å². The first-order valence-electron chi connectivity index (χ1n) is 23.8. The lowest BCUT2D eigenvalue weighted by molar-refractivity contribution is -0.128. The number of rotatable bonds is 42. The molecule has 0 aliphatic heterocycles. The van der Waals surface area contributed by atoms with Crippen LogP contribution in [0.4, 0.5) is 0 Å². The summed E-state index contributed by atoms with van der Waals surface area (Å²) in [6.45, 7) is 17.3. The van der Waals surface area contributed by atoms with Crippen LogP contribution in [-0.2, 0) is 19.1 Å². The van der Waals surface area contributed by atoms with Gasteiger partial charge in [0.2, 0.25) is 0 Å². The fourth-order valence-corrected chi connectivity index (χ4v) is 6.66. The second kappa shape index (κ2) is 63.7. The fourth-order valence-electron chi connectivity index (χ4n) is 6.66. The van der Waals surface area contributed by atoms with Gasteiger partial charge in [0.05, 0.1) is 6.61 Å². The number of hydrogen-bond acceptors (Lipinski definition) is 6. The highest BCUT2D eigenvalue weighted by Crippen LogP contribution is 2.14. The molecule has 0 amide bonds. The summed E-state index contributed by atoms with van der Waals surface area (Å²) in [5.41, 5.74) is 0. The predicted octanol–water partition coefficient (Wildman–Crippen LogP) is 14.4. The first-order chi connectivity index (χ1) is 26.7. The van der Waals surface area contributed by atoms with Crippen molar-refractivity contribution in [2.75, 3.05) is 39.8 Å². The molecule has 0 heterocycles. The standard InChI is InChI=1S/C28H60N2.C10H20O2.C9H18O.CH2O/c1-4-6-8-10-12-13-14-15-16-17-18-19-21-23-27-30(28-24-25-29-3)26-22-20-11-9-7-5-2;1-2-3-4-5-6-7-8-9-12-10-11;1-2-3-4-5-6-7-8-9-10;1-2/h29H,4-28H2,1-3H3;10H,2-9H2,1H3;9H,2-8H2,1H3;1H2. The summed E-state index contributed by atoms with van der Waals surface area (Å²) in [6, 6.07) is 0. The Morgan fingerprint density at radius 1 is 0.426 bits per heavy atom. The molecule has 0 rings (SSSR count). The van der Waals surface area contributed by atoms with Crippen molar-refractivity contribution in [2.24, 2.45) is 0 Å². The normalized spacial score (nSPS) is 10.5. The maximum absolute atomic E-state index is 9.89. The van der Waals surface area contributed by atoms with Crippen molar-refractivity contribution < 1.29 is 19.1 Å². The van der Waals surface area contributed by atoms with Gasteiger partial charge in [-0.3, -0.25) is 4.79 Å². The molecular formula is C48H100N2O4. The Balaban J connectivity index is -0.000000424. The van der Waals surface area contributed by atoms with E-state index in [1.165, 1.54) is 225 Å². The highest BCUT2D eigenvalue weighted by molar-refractivity contribution is 5.48. The summed E-state index contributed by atoms with van der Waals surface area (Å²) in [7, 11) is 2.08. The Labute approximate surface area is 340 Å². The third-order valence-electron chi connectivity index (χ3n) is 10.2. The monoisotopic (exact) mass is 769 g/mol. The fraction of sp³-hybridized carbons (Fsp3) is 0.938. The molecule has 0 aliphatic rings. The average Bonchev–Trinajstić information content (AvgIpc) is 3.20. The summed E-state index contributed by atoms with van der Waals surface area (Å²) in [4.78, 5) is 30.4. The number of carbonyl (C=O) groups excluding carboxylic acids is 3. The third kappa shape index (κ3) is 65.6. The van der Waals surface area contributed by atoms with Crippen molar-refractivity contribution in [3.8, 4) is 0 Å². The van der Waals surface area contributed by atoms with Gasteiger partial charge in [-0.15, -0.1) is 0 Å². The van der Waals surface area contributed by atoms with Crippen LogP contribution >= 0.6 is 0 Å². The highest BCUT2D eigenvalue weighted by Gasteiger charge is 2.05. The lowest BCUT2D eigenvalue weighted by Gasteiger charge is -2.22. The van der Waals surface area contributed by atoms with Crippen LogP contribution in [-0.4, -0.2) is 64.3 Å². The molecule has 0 unspecified atom stereocenters. The topological polar surface area (TPSA) is 75.7 Å². The molecule has 326 valence electrons. The minimum Gasteiger partial charge on any atom is -0.468 e. The van der Waals surface area contributed by atoms with Crippen molar-refractivity contribution >= 4 is 19.5 Å². The smallest absolute Gasteiger partial charge is 0.293 e. The number of unbranched alkanes of at least 4 members (excludes halogenated alkanes) is 30. The largest absolute Gasteiger partial charge is 0.468 e. The minimum absolute atomic E-state index is 0.525. The van der Waals surface area contributed by atoms with E-state index < -0.39 is 0 Å². The number of aldehydes is 1. The molecule has 6 heteroatoms. The van der Waals surface area contributed by atoms with E-state index in [4.69, 9.17) is 4.79 Å². The Kier molecular flexibility index (Phi) is 70.1. The molecule has 0 aromatic rings. The van der Waals surface area contributed by atoms with Gasteiger partial charge in [-0.05, 0) is 65.3 Å². The first kappa shape index (κ1) is 59.4. The van der Waals surface area contributed by atoms with Gasteiger partial charge in [-0.1, -0.05) is 214 Å². The molecule has 54 heavy (non-hydrogen) atoms. The molecule has 0 saturated heterocycles. The van der Waals surface area contributed by atoms with Crippen LogP contribution in [0.2, 0.25) is 0 Å². The van der Waals surface area contributed by atoms with Crippen molar-refractivity contribution in [2.45, 2.75) is 252 Å². The molecule has 0 radical (unpaired) electrons. The molecule has 0 aliphatic carbocycles. The van der Waals surface area contributed by atoms with Crippen molar-refractivity contribution in [1.82, 2.24) is 10.2 Å². The SMILES string of the molecule is C=O.CCCCCCCCC=O.CCCCCCCCCCCCCCCCN(CCCCCCCC)CCCNC.CCCCCCCCCOC=O. The van der Waals surface area contributed by atoms with E-state index in [0.29, 0.717) is 13.1 Å². The predicted molar refractivity (Wildman–Crippen MR) is 240 cm³/mol. The Bertz CT molecular complexity index is 622. The maximum atomic E-state index is 9.89. The van der Waals surface area contributed by atoms with E-state index >= 15 is 0 Å². The van der Waals surface area contributed by atoms with Crippen LogP contribution in [0.15, 0.2) is 0 Å². The first-order valence-corrected chi connectivity index (χ1v) is 23.8. The van der Waals surface area contributed by atoms with Crippen LogP contribution in [0.5, 0.6) is 0 Å². The van der Waals surface area contributed by atoms with E-state index in [1.807, 2.05) is 6.79 Å². The lowest BCUT2D eigenvalue weighted by Crippen LogP contribution is -2.29. The quantitative estimate of drug-likeness (QED) is 0.0492. The molecule has 0 aromatic heterocycles. The van der Waals surface area contributed by atoms with Gasteiger partial charge in [0.25, 0.3) is 6.47 Å². The summed E-state index contributed by atoms with van der Waals surface area (Å²) < 4.78 is 4.58. The molecular weight excluding hydrogens is 669 g/mol. The second-order valence-electron chi connectivity index (χ2n) is 15.5. The molecule has 0 bridgehead atoms.